The second kappa shape index (κ2) is 9.28. The quantitative estimate of drug-likeness (QED) is 0.718. The van der Waals surface area contributed by atoms with Gasteiger partial charge in [0.25, 0.3) is 0 Å². The van der Waals surface area contributed by atoms with Crippen molar-refractivity contribution >= 4 is 27.4 Å². The Balaban J connectivity index is 1.54. The monoisotopic (exact) mass is 448 g/mol. The fourth-order valence-electron chi connectivity index (χ4n) is 5.24. The summed E-state index contributed by atoms with van der Waals surface area (Å²) in [4.78, 5) is 25.4. The van der Waals surface area contributed by atoms with Gasteiger partial charge in [-0.1, -0.05) is 12.8 Å². The number of ketones is 1. The lowest BCUT2D eigenvalue weighted by Crippen LogP contribution is -2.40. The highest BCUT2D eigenvalue weighted by atomic mass is 32.2. The van der Waals surface area contributed by atoms with Crippen LogP contribution in [0.4, 0.5) is 5.69 Å². The van der Waals surface area contributed by atoms with E-state index in [0.717, 1.165) is 38.5 Å². The molecule has 1 N–H and O–H groups in total. The zero-order chi connectivity index (χ0) is 22.0. The highest BCUT2D eigenvalue weighted by molar-refractivity contribution is 7.89. The molecule has 1 aliphatic heterocycles. The van der Waals surface area contributed by atoms with Gasteiger partial charge in [-0.25, -0.2) is 8.42 Å². The number of nitrogens with one attached hydrogen (secondary N) is 1. The molecule has 31 heavy (non-hydrogen) atoms. The summed E-state index contributed by atoms with van der Waals surface area (Å²) in [6.07, 6.45) is 6.73. The molecule has 1 aromatic rings. The fraction of sp³-hybridized carbons (Fsp3) is 0.652. The molecule has 2 unspecified atom stereocenters. The molecule has 4 rings (SSSR count). The minimum absolute atomic E-state index is 0.00128. The number of carbonyl (C=O) groups is 2. The summed E-state index contributed by atoms with van der Waals surface area (Å²) in [5, 5.41) is 2.91. The number of anilines is 1. The molecule has 0 aromatic heterocycles. The van der Waals surface area contributed by atoms with Crippen LogP contribution < -0.4 is 10.1 Å². The lowest BCUT2D eigenvalue weighted by atomic mass is 9.67. The Kier molecular flexibility index (Phi) is 6.67. The number of nitrogens with zero attached hydrogens (tertiary/aromatic N) is 1. The number of benzene rings is 1. The summed E-state index contributed by atoms with van der Waals surface area (Å²) in [7, 11) is -3.71. The third-order valence-electron chi connectivity index (χ3n) is 6.86. The third kappa shape index (κ3) is 4.65. The van der Waals surface area contributed by atoms with Crippen LogP contribution in [-0.2, 0) is 19.6 Å². The van der Waals surface area contributed by atoms with Crippen molar-refractivity contribution in [1.29, 1.82) is 0 Å². The fourth-order valence-corrected chi connectivity index (χ4v) is 6.92. The van der Waals surface area contributed by atoms with Crippen LogP contribution in [0.25, 0.3) is 0 Å². The Labute approximate surface area is 184 Å². The maximum atomic E-state index is 13.3. The molecule has 0 spiro atoms. The van der Waals surface area contributed by atoms with E-state index in [4.69, 9.17) is 4.74 Å². The molecule has 3 aliphatic rings. The highest BCUT2D eigenvalue weighted by Gasteiger charge is 2.41. The molecule has 1 aromatic carbocycles. The van der Waals surface area contributed by atoms with E-state index in [0.29, 0.717) is 49.8 Å². The highest BCUT2D eigenvalue weighted by Crippen LogP contribution is 2.40. The van der Waals surface area contributed by atoms with Crippen LogP contribution in [0.5, 0.6) is 5.75 Å². The van der Waals surface area contributed by atoms with Crippen LogP contribution in [-0.4, -0.2) is 44.1 Å². The molecule has 1 amide bonds. The zero-order valence-electron chi connectivity index (χ0n) is 18.1. The summed E-state index contributed by atoms with van der Waals surface area (Å²) in [6, 6.07) is 4.82. The number of amides is 1. The molecule has 8 heteroatoms. The van der Waals surface area contributed by atoms with Gasteiger partial charge in [-0.15, -0.1) is 0 Å². The van der Waals surface area contributed by atoms with Crippen molar-refractivity contribution in [1.82, 2.24) is 4.31 Å². The van der Waals surface area contributed by atoms with Gasteiger partial charge in [-0.05, 0) is 63.6 Å². The number of piperidine rings is 1. The van der Waals surface area contributed by atoms with Gasteiger partial charge in [0.1, 0.15) is 16.4 Å². The number of fused-ring (bicyclic) bond motifs is 2. The van der Waals surface area contributed by atoms with Gasteiger partial charge < -0.3 is 10.1 Å². The van der Waals surface area contributed by atoms with Gasteiger partial charge in [0.05, 0.1) is 6.61 Å². The lowest BCUT2D eigenvalue weighted by molar-refractivity contribution is -0.136. The first-order valence-electron chi connectivity index (χ1n) is 11.5. The molecule has 2 atom stereocenters. The van der Waals surface area contributed by atoms with Gasteiger partial charge >= 0.3 is 0 Å². The van der Waals surface area contributed by atoms with Crippen molar-refractivity contribution < 1.29 is 22.7 Å². The maximum absolute atomic E-state index is 13.3. The smallest absolute Gasteiger partial charge is 0.246 e. The minimum Gasteiger partial charge on any atom is -0.492 e. The van der Waals surface area contributed by atoms with Gasteiger partial charge in [0, 0.05) is 36.5 Å². The van der Waals surface area contributed by atoms with E-state index >= 15 is 0 Å². The van der Waals surface area contributed by atoms with E-state index in [1.54, 1.807) is 12.1 Å². The number of rotatable bonds is 6. The zero-order valence-corrected chi connectivity index (χ0v) is 19.0. The van der Waals surface area contributed by atoms with Crippen molar-refractivity contribution in [3.8, 4) is 5.75 Å². The van der Waals surface area contributed by atoms with Gasteiger partial charge in [-0.3, -0.25) is 9.59 Å². The van der Waals surface area contributed by atoms with E-state index in [-0.39, 0.29) is 28.6 Å². The predicted molar refractivity (Wildman–Crippen MR) is 117 cm³/mol. The Bertz CT molecular complexity index is 923. The first-order chi connectivity index (χ1) is 14.9. The first-order valence-corrected chi connectivity index (χ1v) is 13.0. The molecule has 2 bridgehead atoms. The van der Waals surface area contributed by atoms with Crippen molar-refractivity contribution in [2.75, 3.05) is 25.0 Å². The lowest BCUT2D eigenvalue weighted by Gasteiger charge is -2.37. The van der Waals surface area contributed by atoms with Gasteiger partial charge in [-0.2, -0.15) is 4.31 Å². The molecular formula is C23H32N2O5S. The van der Waals surface area contributed by atoms with Crippen LogP contribution in [0.15, 0.2) is 23.1 Å². The van der Waals surface area contributed by atoms with Crippen LogP contribution in [0.1, 0.15) is 58.3 Å². The molecule has 1 saturated heterocycles. The predicted octanol–water partition coefficient (Wildman–Crippen LogP) is 3.59. The molecule has 2 saturated carbocycles. The average molecular weight is 449 g/mol. The first kappa shape index (κ1) is 22.3. The number of ether oxygens (including phenoxy) is 1. The average Bonchev–Trinajstić information content (AvgIpc) is 2.75. The van der Waals surface area contributed by atoms with E-state index in [2.05, 4.69) is 5.32 Å². The molecule has 170 valence electrons. The van der Waals surface area contributed by atoms with Crippen LogP contribution in [0.2, 0.25) is 0 Å². The number of hydrogen-bond acceptors (Lipinski definition) is 5. The van der Waals surface area contributed by atoms with Crippen molar-refractivity contribution in [2.24, 2.45) is 17.8 Å². The van der Waals surface area contributed by atoms with Crippen molar-refractivity contribution in [2.45, 2.75) is 63.2 Å². The van der Waals surface area contributed by atoms with Gasteiger partial charge in [0.2, 0.25) is 15.9 Å². The van der Waals surface area contributed by atoms with E-state index < -0.39 is 10.0 Å². The summed E-state index contributed by atoms with van der Waals surface area (Å²) in [5.41, 5.74) is 0.450. The van der Waals surface area contributed by atoms with E-state index in [1.807, 2.05) is 6.92 Å². The number of sulfonamides is 1. The second-order valence-electron chi connectivity index (χ2n) is 8.94. The molecule has 3 fully saturated rings. The normalized spacial score (nSPS) is 27.0. The Hall–Kier alpha value is -1.93. The number of Topliss-reactive ketones (excluding diaryl/α,β-unsaturated/α-hetero) is 1. The van der Waals surface area contributed by atoms with Crippen molar-refractivity contribution in [3.63, 3.8) is 0 Å². The molecule has 0 radical (unpaired) electrons. The number of carbonyl (C=O) groups excluding carboxylic acids is 2. The SMILES string of the molecule is CCOc1ccc(NC(=O)C2CC3CCCC(C2)C3=O)cc1S(=O)(=O)N1CCCCC1. The Morgan fingerprint density at radius 3 is 2.42 bits per heavy atom. The summed E-state index contributed by atoms with van der Waals surface area (Å²) in [6.45, 7) is 3.17. The largest absolute Gasteiger partial charge is 0.492 e. The minimum atomic E-state index is -3.71. The molecule has 2 aliphatic carbocycles. The topological polar surface area (TPSA) is 92.8 Å². The van der Waals surface area contributed by atoms with Crippen molar-refractivity contribution in [3.05, 3.63) is 18.2 Å². The van der Waals surface area contributed by atoms with Crippen LogP contribution in [0.3, 0.4) is 0 Å². The van der Waals surface area contributed by atoms with E-state index in [1.165, 1.54) is 10.4 Å². The Morgan fingerprint density at radius 1 is 1.10 bits per heavy atom. The standard InChI is InChI=1S/C23H32N2O5S/c1-2-30-20-10-9-19(15-21(20)31(28,29)25-11-4-3-5-12-25)24-23(27)18-13-16-7-6-8-17(14-18)22(16)26/h9-10,15-18H,2-8,11-14H2,1H3,(H,24,27). The Morgan fingerprint density at radius 2 is 1.77 bits per heavy atom. The van der Waals surface area contributed by atoms with E-state index in [9.17, 15) is 18.0 Å². The van der Waals surface area contributed by atoms with Crippen LogP contribution in [0, 0.1) is 17.8 Å². The maximum Gasteiger partial charge on any atom is 0.246 e. The summed E-state index contributed by atoms with van der Waals surface area (Å²) < 4.78 is 33.7. The molecular weight excluding hydrogens is 416 g/mol. The third-order valence-corrected chi connectivity index (χ3v) is 8.78. The number of hydrogen-bond donors (Lipinski definition) is 1. The van der Waals surface area contributed by atoms with Crippen LogP contribution >= 0.6 is 0 Å². The second-order valence-corrected chi connectivity index (χ2v) is 10.9. The molecule has 1 heterocycles. The summed E-state index contributed by atoms with van der Waals surface area (Å²) in [5.74, 6) is 0.295. The van der Waals surface area contributed by atoms with Gasteiger partial charge in [0.15, 0.2) is 0 Å². The molecule has 7 nitrogen and oxygen atoms in total. The summed E-state index contributed by atoms with van der Waals surface area (Å²) >= 11 is 0.